The Kier molecular flexibility index (Phi) is 5.35. The van der Waals surface area contributed by atoms with Gasteiger partial charge < -0.3 is 15.2 Å². The summed E-state index contributed by atoms with van der Waals surface area (Å²) in [7, 11) is 1.37. The van der Waals surface area contributed by atoms with Crippen LogP contribution >= 0.6 is 0 Å². The lowest BCUT2D eigenvalue weighted by Crippen LogP contribution is -2.40. The lowest BCUT2D eigenvalue weighted by Gasteiger charge is -2.25. The Morgan fingerprint density at radius 3 is 2.32 bits per heavy atom. The number of ether oxygens (including phenoxy) is 2. The maximum Gasteiger partial charge on any atom is 0.412 e. The van der Waals surface area contributed by atoms with Crippen LogP contribution in [0, 0.1) is 0 Å². The summed E-state index contributed by atoms with van der Waals surface area (Å²) in [6.07, 6.45) is -3.40. The van der Waals surface area contributed by atoms with Gasteiger partial charge in [0.1, 0.15) is 11.4 Å². The summed E-state index contributed by atoms with van der Waals surface area (Å²) in [5.41, 5.74) is 3.68. The van der Waals surface area contributed by atoms with Gasteiger partial charge in [-0.2, -0.15) is 0 Å². The summed E-state index contributed by atoms with van der Waals surface area (Å²) < 4.78 is 36.2. The molecule has 1 unspecified atom stereocenters. The van der Waals surface area contributed by atoms with Crippen molar-refractivity contribution in [1.82, 2.24) is 0 Å². The van der Waals surface area contributed by atoms with Crippen LogP contribution in [0.15, 0.2) is 18.2 Å². The van der Waals surface area contributed by atoms with Gasteiger partial charge in [-0.3, -0.25) is 5.32 Å². The molecule has 1 amide bonds. The highest BCUT2D eigenvalue weighted by Gasteiger charge is 2.33. The van der Waals surface area contributed by atoms with Crippen LogP contribution in [0.3, 0.4) is 0 Å². The molecule has 1 aromatic carbocycles. The molecule has 0 saturated heterocycles. The molecule has 0 heterocycles. The van der Waals surface area contributed by atoms with Gasteiger partial charge in [0.25, 0.3) is 6.43 Å². The second kappa shape index (κ2) is 6.48. The minimum Gasteiger partial charge on any atom is -0.495 e. The second-order valence-electron chi connectivity index (χ2n) is 6.13. The number of benzene rings is 1. The summed E-state index contributed by atoms with van der Waals surface area (Å²) in [5, 5.41) is 2.51. The van der Waals surface area contributed by atoms with Gasteiger partial charge in [0.2, 0.25) is 0 Å². The Morgan fingerprint density at radius 2 is 1.86 bits per heavy atom. The minimum atomic E-state index is -2.73. The third-order valence-electron chi connectivity index (χ3n) is 2.91. The molecular weight excluding hydrogens is 294 g/mol. The van der Waals surface area contributed by atoms with Crippen LogP contribution in [0.1, 0.15) is 33.3 Å². The monoisotopic (exact) mass is 316 g/mol. The number of alkyl halides is 2. The second-order valence-corrected chi connectivity index (χ2v) is 6.13. The van der Waals surface area contributed by atoms with E-state index in [9.17, 15) is 13.6 Å². The number of hydrogen-bond acceptors (Lipinski definition) is 4. The normalized spacial score (nSPS) is 14.4. The van der Waals surface area contributed by atoms with Crippen LogP contribution < -0.4 is 15.8 Å². The predicted octanol–water partition coefficient (Wildman–Crippen LogP) is 3.48. The minimum absolute atomic E-state index is 0.203. The highest BCUT2D eigenvalue weighted by atomic mass is 19.3. The van der Waals surface area contributed by atoms with Crippen LogP contribution in [0.25, 0.3) is 0 Å². The van der Waals surface area contributed by atoms with Gasteiger partial charge in [0.05, 0.1) is 18.3 Å². The molecule has 22 heavy (non-hydrogen) atoms. The van der Waals surface area contributed by atoms with Crippen LogP contribution in [-0.2, 0) is 10.3 Å². The topological polar surface area (TPSA) is 73.6 Å². The molecular formula is C15H22F2N2O3. The number of carbonyl (C=O) groups is 1. The summed E-state index contributed by atoms with van der Waals surface area (Å²) in [6, 6.07) is 4.24. The quantitative estimate of drug-likeness (QED) is 0.892. The van der Waals surface area contributed by atoms with Crippen molar-refractivity contribution in [3.05, 3.63) is 23.8 Å². The number of anilines is 1. The summed E-state index contributed by atoms with van der Waals surface area (Å²) >= 11 is 0. The van der Waals surface area contributed by atoms with Gasteiger partial charge in [-0.15, -0.1) is 0 Å². The highest BCUT2D eigenvalue weighted by Crippen LogP contribution is 2.32. The summed E-state index contributed by atoms with van der Waals surface area (Å²) in [4.78, 5) is 11.8. The van der Waals surface area contributed by atoms with E-state index >= 15 is 0 Å². The maximum absolute atomic E-state index is 13.0. The predicted molar refractivity (Wildman–Crippen MR) is 80.4 cm³/mol. The highest BCUT2D eigenvalue weighted by molar-refractivity contribution is 5.87. The Bertz CT molecular complexity index is 540. The zero-order chi connectivity index (χ0) is 17.1. The first-order chi connectivity index (χ1) is 9.97. The van der Waals surface area contributed by atoms with Crippen molar-refractivity contribution in [2.75, 3.05) is 12.4 Å². The number of methoxy groups -OCH3 is 1. The van der Waals surface area contributed by atoms with Crippen molar-refractivity contribution in [2.45, 2.75) is 45.3 Å². The van der Waals surface area contributed by atoms with E-state index in [0.29, 0.717) is 5.69 Å². The zero-order valence-corrected chi connectivity index (χ0v) is 13.4. The molecule has 0 aliphatic heterocycles. The van der Waals surface area contributed by atoms with Crippen molar-refractivity contribution in [1.29, 1.82) is 0 Å². The molecule has 0 aliphatic carbocycles. The molecule has 0 aliphatic rings. The van der Waals surface area contributed by atoms with Gasteiger partial charge in [0, 0.05) is 0 Å². The Balaban J connectivity index is 3.02. The lowest BCUT2D eigenvalue weighted by molar-refractivity contribution is 0.0619. The van der Waals surface area contributed by atoms with E-state index in [1.165, 1.54) is 32.2 Å². The third kappa shape index (κ3) is 4.56. The van der Waals surface area contributed by atoms with E-state index < -0.39 is 23.7 Å². The lowest BCUT2D eigenvalue weighted by atomic mass is 9.93. The van der Waals surface area contributed by atoms with Gasteiger partial charge in [0.15, 0.2) is 0 Å². The maximum atomic E-state index is 13.0. The number of nitrogens with one attached hydrogen (secondary N) is 1. The van der Waals surface area contributed by atoms with E-state index in [1.807, 2.05) is 0 Å². The van der Waals surface area contributed by atoms with Gasteiger partial charge in [-0.05, 0) is 45.4 Å². The van der Waals surface area contributed by atoms with Crippen LogP contribution in [0.2, 0.25) is 0 Å². The fourth-order valence-electron chi connectivity index (χ4n) is 1.67. The molecule has 124 valence electrons. The van der Waals surface area contributed by atoms with Crippen LogP contribution in [0.4, 0.5) is 19.3 Å². The number of amides is 1. The van der Waals surface area contributed by atoms with E-state index in [0.717, 1.165) is 0 Å². The van der Waals surface area contributed by atoms with Crippen molar-refractivity contribution in [2.24, 2.45) is 5.73 Å². The standard InChI is InChI=1S/C15H22F2N2O3/c1-14(2,3)22-13(20)19-10-7-6-9(8-11(10)21-5)15(4,18)12(16)17/h6-8,12H,18H2,1-5H3,(H,19,20). The molecule has 1 aromatic rings. The van der Waals surface area contributed by atoms with Crippen molar-refractivity contribution in [3.8, 4) is 5.75 Å². The smallest absolute Gasteiger partial charge is 0.412 e. The average molecular weight is 316 g/mol. The van der Waals surface area contributed by atoms with E-state index in [1.54, 1.807) is 20.8 Å². The molecule has 7 heteroatoms. The fourth-order valence-corrected chi connectivity index (χ4v) is 1.67. The molecule has 0 aromatic heterocycles. The molecule has 0 radical (unpaired) electrons. The zero-order valence-electron chi connectivity index (χ0n) is 13.4. The molecule has 0 spiro atoms. The summed E-state index contributed by atoms with van der Waals surface area (Å²) in [6.45, 7) is 6.42. The molecule has 0 bridgehead atoms. The van der Waals surface area contributed by atoms with E-state index in [4.69, 9.17) is 15.2 Å². The summed E-state index contributed by atoms with van der Waals surface area (Å²) in [5.74, 6) is 0.223. The van der Waals surface area contributed by atoms with Gasteiger partial charge >= 0.3 is 6.09 Å². The SMILES string of the molecule is COc1cc(C(C)(N)C(F)F)ccc1NC(=O)OC(C)(C)C. The number of rotatable bonds is 4. The number of carbonyl (C=O) groups excluding carboxylic acids is 1. The Hall–Kier alpha value is -1.89. The first kappa shape index (κ1) is 18.2. The molecule has 3 N–H and O–H groups in total. The fraction of sp³-hybridized carbons (Fsp3) is 0.533. The first-order valence-electron chi connectivity index (χ1n) is 6.73. The number of hydrogen-bond donors (Lipinski definition) is 2. The van der Waals surface area contributed by atoms with Crippen molar-refractivity contribution < 1.29 is 23.0 Å². The molecule has 0 fully saturated rings. The van der Waals surface area contributed by atoms with Crippen molar-refractivity contribution in [3.63, 3.8) is 0 Å². The Morgan fingerprint density at radius 1 is 1.27 bits per heavy atom. The molecule has 0 saturated carbocycles. The molecule has 1 atom stereocenters. The first-order valence-corrected chi connectivity index (χ1v) is 6.73. The number of nitrogens with two attached hydrogens (primary N) is 1. The van der Waals surface area contributed by atoms with Crippen LogP contribution in [-0.4, -0.2) is 25.2 Å². The Labute approximate surface area is 128 Å². The van der Waals surface area contributed by atoms with E-state index in [2.05, 4.69) is 5.32 Å². The van der Waals surface area contributed by atoms with Gasteiger partial charge in [-0.25, -0.2) is 13.6 Å². The van der Waals surface area contributed by atoms with E-state index in [-0.39, 0.29) is 11.3 Å². The average Bonchev–Trinajstić information content (AvgIpc) is 2.36. The third-order valence-corrected chi connectivity index (χ3v) is 2.91. The van der Waals surface area contributed by atoms with Crippen molar-refractivity contribution >= 4 is 11.8 Å². The molecule has 1 rings (SSSR count). The largest absolute Gasteiger partial charge is 0.495 e. The van der Waals surface area contributed by atoms with Gasteiger partial charge in [-0.1, -0.05) is 6.07 Å². The molecule has 5 nitrogen and oxygen atoms in total. The van der Waals surface area contributed by atoms with Crippen LogP contribution in [0.5, 0.6) is 5.75 Å². The number of halogens is 2.